The van der Waals surface area contributed by atoms with Crippen molar-refractivity contribution in [2.45, 2.75) is 13.0 Å². The lowest BCUT2D eigenvalue weighted by atomic mass is 10.0. The highest BCUT2D eigenvalue weighted by molar-refractivity contribution is 5.93. The first-order chi connectivity index (χ1) is 13.7. The molecule has 8 heteroatoms. The summed E-state index contributed by atoms with van der Waals surface area (Å²) in [5, 5.41) is 11.7. The van der Waals surface area contributed by atoms with E-state index >= 15 is 0 Å². The van der Waals surface area contributed by atoms with E-state index in [0.717, 1.165) is 23.5 Å². The van der Waals surface area contributed by atoms with Crippen LogP contribution in [0.15, 0.2) is 48.8 Å². The molecule has 3 heterocycles. The van der Waals surface area contributed by atoms with Crippen LogP contribution in [0.4, 0.5) is 0 Å². The number of nitrogens with one attached hydrogen (secondary N) is 1. The lowest BCUT2D eigenvalue weighted by Gasteiger charge is -2.36. The molecule has 8 nitrogen and oxygen atoms in total. The van der Waals surface area contributed by atoms with E-state index in [0.29, 0.717) is 24.5 Å². The Bertz CT molecular complexity index is 955. The van der Waals surface area contributed by atoms with Crippen LogP contribution in [0.25, 0.3) is 5.69 Å². The summed E-state index contributed by atoms with van der Waals surface area (Å²) in [5.41, 5.74) is 2.91. The molecule has 1 aliphatic heterocycles. The van der Waals surface area contributed by atoms with Crippen LogP contribution in [0.3, 0.4) is 0 Å². The number of aromatic nitrogens is 4. The van der Waals surface area contributed by atoms with Crippen LogP contribution in [0.5, 0.6) is 5.75 Å². The van der Waals surface area contributed by atoms with Gasteiger partial charge in [-0.3, -0.25) is 9.78 Å². The van der Waals surface area contributed by atoms with E-state index in [1.165, 1.54) is 0 Å². The maximum Gasteiger partial charge on any atom is 0.276 e. The lowest BCUT2D eigenvalue weighted by molar-refractivity contribution is 0.0627. The maximum atomic E-state index is 13.3. The molecule has 0 bridgehead atoms. The first kappa shape index (κ1) is 18.1. The highest BCUT2D eigenvalue weighted by Crippen LogP contribution is 2.24. The molecule has 1 aliphatic rings. The fraction of sp³-hybridized carbons (Fsp3) is 0.300. The highest BCUT2D eigenvalue weighted by atomic mass is 16.5. The molecule has 1 N–H and O–H groups in total. The van der Waals surface area contributed by atoms with E-state index in [4.69, 9.17) is 4.74 Å². The Morgan fingerprint density at radius 3 is 2.79 bits per heavy atom. The molecule has 0 spiro atoms. The van der Waals surface area contributed by atoms with Gasteiger partial charge in [0.05, 0.1) is 24.5 Å². The molecule has 28 heavy (non-hydrogen) atoms. The zero-order valence-electron chi connectivity index (χ0n) is 15.9. The summed E-state index contributed by atoms with van der Waals surface area (Å²) < 4.78 is 6.87. The molecular formula is C20H22N6O2. The number of carbonyl (C=O) groups excluding carboxylic acids is 1. The average Bonchev–Trinajstić information content (AvgIpc) is 3.15. The molecule has 1 aromatic carbocycles. The fourth-order valence-electron chi connectivity index (χ4n) is 3.45. The van der Waals surface area contributed by atoms with E-state index < -0.39 is 0 Å². The van der Waals surface area contributed by atoms with E-state index in [1.807, 2.05) is 48.2 Å². The van der Waals surface area contributed by atoms with Crippen molar-refractivity contribution in [3.05, 3.63) is 65.7 Å². The SMILES string of the molecule is COc1ccc(-n2nnc(C(=O)N3CCNCC3c3cccnc3)c2C)cc1. The fourth-order valence-corrected chi connectivity index (χ4v) is 3.45. The molecule has 0 radical (unpaired) electrons. The van der Waals surface area contributed by atoms with Crippen molar-refractivity contribution < 1.29 is 9.53 Å². The van der Waals surface area contributed by atoms with Crippen molar-refractivity contribution in [1.29, 1.82) is 0 Å². The largest absolute Gasteiger partial charge is 0.497 e. The Hall–Kier alpha value is -3.26. The van der Waals surface area contributed by atoms with Crippen molar-refractivity contribution in [2.75, 3.05) is 26.7 Å². The average molecular weight is 378 g/mol. The third-order valence-electron chi connectivity index (χ3n) is 4.99. The van der Waals surface area contributed by atoms with Gasteiger partial charge in [-0.05, 0) is 42.8 Å². The Morgan fingerprint density at radius 1 is 1.25 bits per heavy atom. The topological polar surface area (TPSA) is 85.2 Å². The van der Waals surface area contributed by atoms with Crippen LogP contribution in [-0.2, 0) is 0 Å². The Balaban J connectivity index is 1.63. The summed E-state index contributed by atoms with van der Waals surface area (Å²) >= 11 is 0. The van der Waals surface area contributed by atoms with Gasteiger partial charge in [0.15, 0.2) is 5.69 Å². The maximum absolute atomic E-state index is 13.3. The van der Waals surface area contributed by atoms with Crippen LogP contribution in [0, 0.1) is 6.92 Å². The second kappa shape index (κ2) is 7.77. The minimum Gasteiger partial charge on any atom is -0.497 e. The number of rotatable bonds is 4. The van der Waals surface area contributed by atoms with Crippen molar-refractivity contribution in [3.63, 3.8) is 0 Å². The van der Waals surface area contributed by atoms with Crippen molar-refractivity contribution in [1.82, 2.24) is 30.2 Å². The molecule has 3 aromatic rings. The highest BCUT2D eigenvalue weighted by Gasteiger charge is 2.31. The second-order valence-electron chi connectivity index (χ2n) is 6.64. The Kier molecular flexibility index (Phi) is 5.03. The number of nitrogens with zero attached hydrogens (tertiary/aromatic N) is 5. The predicted molar refractivity (Wildman–Crippen MR) is 104 cm³/mol. The number of carbonyl (C=O) groups is 1. The molecule has 1 atom stereocenters. The molecule has 0 aliphatic carbocycles. The number of hydrogen-bond donors (Lipinski definition) is 1. The summed E-state index contributed by atoms with van der Waals surface area (Å²) in [6.45, 7) is 3.89. The van der Waals surface area contributed by atoms with Gasteiger partial charge in [0, 0.05) is 32.0 Å². The second-order valence-corrected chi connectivity index (χ2v) is 6.64. The molecular weight excluding hydrogens is 356 g/mol. The molecule has 1 unspecified atom stereocenters. The summed E-state index contributed by atoms with van der Waals surface area (Å²) in [6, 6.07) is 11.3. The lowest BCUT2D eigenvalue weighted by Crippen LogP contribution is -2.49. The number of piperazine rings is 1. The van der Waals surface area contributed by atoms with Gasteiger partial charge in [0.2, 0.25) is 0 Å². The van der Waals surface area contributed by atoms with Gasteiger partial charge in [-0.25, -0.2) is 4.68 Å². The molecule has 1 amide bonds. The van der Waals surface area contributed by atoms with Crippen molar-refractivity contribution in [2.24, 2.45) is 0 Å². The summed E-state index contributed by atoms with van der Waals surface area (Å²) in [7, 11) is 1.62. The number of methoxy groups -OCH3 is 1. The van der Waals surface area contributed by atoms with Crippen LogP contribution >= 0.6 is 0 Å². The molecule has 1 fully saturated rings. The van der Waals surface area contributed by atoms with Gasteiger partial charge in [-0.1, -0.05) is 11.3 Å². The number of amides is 1. The van der Waals surface area contributed by atoms with Crippen molar-refractivity contribution in [3.8, 4) is 11.4 Å². The Morgan fingerprint density at radius 2 is 2.07 bits per heavy atom. The molecule has 4 rings (SSSR count). The van der Waals surface area contributed by atoms with Crippen LogP contribution in [0.1, 0.15) is 27.8 Å². The predicted octanol–water partition coefficient (Wildman–Crippen LogP) is 1.77. The van der Waals surface area contributed by atoms with Gasteiger partial charge in [-0.2, -0.15) is 0 Å². The third-order valence-corrected chi connectivity index (χ3v) is 4.99. The monoisotopic (exact) mass is 378 g/mol. The number of ether oxygens (including phenoxy) is 1. The van der Waals surface area contributed by atoms with Crippen molar-refractivity contribution >= 4 is 5.91 Å². The zero-order chi connectivity index (χ0) is 19.5. The molecule has 1 saturated heterocycles. The molecule has 0 saturated carbocycles. The van der Waals surface area contributed by atoms with Crippen LogP contribution in [-0.4, -0.2) is 57.5 Å². The van der Waals surface area contributed by atoms with Gasteiger partial charge in [-0.15, -0.1) is 5.10 Å². The molecule has 2 aromatic heterocycles. The van der Waals surface area contributed by atoms with Gasteiger partial charge >= 0.3 is 0 Å². The number of benzene rings is 1. The Labute approximate surface area is 163 Å². The van der Waals surface area contributed by atoms with E-state index in [9.17, 15) is 4.79 Å². The molecule has 144 valence electrons. The summed E-state index contributed by atoms with van der Waals surface area (Å²) in [5.74, 6) is 0.644. The smallest absolute Gasteiger partial charge is 0.276 e. The zero-order valence-corrected chi connectivity index (χ0v) is 15.9. The quantitative estimate of drug-likeness (QED) is 0.745. The first-order valence-corrected chi connectivity index (χ1v) is 9.17. The van der Waals surface area contributed by atoms with Gasteiger partial charge in [0.1, 0.15) is 5.75 Å². The van der Waals surface area contributed by atoms with Gasteiger partial charge < -0.3 is 15.0 Å². The minimum atomic E-state index is -0.118. The summed E-state index contributed by atoms with van der Waals surface area (Å²) in [4.78, 5) is 19.3. The van der Waals surface area contributed by atoms with E-state index in [1.54, 1.807) is 24.2 Å². The normalized spacial score (nSPS) is 16.8. The third kappa shape index (κ3) is 3.34. The standard InChI is InChI=1S/C20H22N6O2/c1-14-19(23-24-26(14)16-5-7-17(28-2)8-6-16)20(27)25-11-10-22-13-18(25)15-4-3-9-21-12-15/h3-9,12,18,22H,10-11,13H2,1-2H3. The van der Waals surface area contributed by atoms with E-state index in [-0.39, 0.29) is 11.9 Å². The van der Waals surface area contributed by atoms with Gasteiger partial charge in [0.25, 0.3) is 5.91 Å². The van der Waals surface area contributed by atoms with Crippen LogP contribution < -0.4 is 10.1 Å². The van der Waals surface area contributed by atoms with Crippen LogP contribution in [0.2, 0.25) is 0 Å². The first-order valence-electron chi connectivity index (χ1n) is 9.17. The number of hydrogen-bond acceptors (Lipinski definition) is 6. The minimum absolute atomic E-state index is 0.0829. The van der Waals surface area contributed by atoms with E-state index in [2.05, 4.69) is 20.6 Å². The summed E-state index contributed by atoms with van der Waals surface area (Å²) in [6.07, 6.45) is 3.54. The number of pyridine rings is 1.